The summed E-state index contributed by atoms with van der Waals surface area (Å²) in [7, 11) is 2.03. The van der Waals surface area contributed by atoms with E-state index in [1.165, 1.54) is 25.7 Å². The van der Waals surface area contributed by atoms with Gasteiger partial charge in [-0.1, -0.05) is 12.8 Å². The molecule has 8 nitrogen and oxygen atoms in total. The van der Waals surface area contributed by atoms with Crippen LogP contribution >= 0.6 is 0 Å². The number of rotatable bonds is 5. The van der Waals surface area contributed by atoms with Gasteiger partial charge in [0, 0.05) is 38.4 Å². The van der Waals surface area contributed by atoms with E-state index < -0.39 is 0 Å². The Morgan fingerprint density at radius 2 is 1.93 bits per heavy atom. The van der Waals surface area contributed by atoms with Gasteiger partial charge in [-0.3, -0.25) is 9.69 Å². The van der Waals surface area contributed by atoms with Crippen molar-refractivity contribution in [1.82, 2.24) is 34.1 Å². The SMILES string of the molecule is Cn1c(Cn2ccnc2)nnc1[C@@H]1CCCN(C(=O)CN2CCCCCC2)C1. The van der Waals surface area contributed by atoms with Crippen molar-refractivity contribution in [3.05, 3.63) is 30.4 Å². The third kappa shape index (κ3) is 4.43. The molecule has 0 spiro atoms. The fourth-order valence-corrected chi connectivity index (χ4v) is 4.41. The van der Waals surface area contributed by atoms with Crippen LogP contribution in [0.4, 0.5) is 0 Å². The summed E-state index contributed by atoms with van der Waals surface area (Å²) in [4.78, 5) is 21.4. The molecule has 152 valence electrons. The number of hydrogen-bond donors (Lipinski definition) is 0. The minimum absolute atomic E-state index is 0.260. The first kappa shape index (κ1) is 19.1. The standard InChI is InChI=1S/C20H31N7O/c1-24-18(14-26-12-8-21-16-26)22-23-20(24)17-7-6-11-27(13-17)19(28)15-25-9-4-2-3-5-10-25/h8,12,16-17H,2-7,9-11,13-15H2,1H3/t17-/m1/s1. The molecule has 8 heteroatoms. The van der Waals surface area contributed by atoms with Gasteiger partial charge in [0.05, 0.1) is 19.4 Å². The molecule has 2 aromatic heterocycles. The van der Waals surface area contributed by atoms with Crippen molar-refractivity contribution in [2.75, 3.05) is 32.7 Å². The van der Waals surface area contributed by atoms with Gasteiger partial charge in [-0.25, -0.2) is 4.98 Å². The minimum atomic E-state index is 0.260. The van der Waals surface area contributed by atoms with Crippen molar-refractivity contribution >= 4 is 5.91 Å². The van der Waals surface area contributed by atoms with Crippen molar-refractivity contribution in [2.24, 2.45) is 7.05 Å². The first-order valence-electron chi connectivity index (χ1n) is 10.5. The molecule has 4 rings (SSSR count). The van der Waals surface area contributed by atoms with Crippen molar-refractivity contribution < 1.29 is 4.79 Å². The van der Waals surface area contributed by atoms with Crippen molar-refractivity contribution in [1.29, 1.82) is 0 Å². The van der Waals surface area contributed by atoms with E-state index in [2.05, 4.69) is 24.6 Å². The Kier molecular flexibility index (Phi) is 6.04. The first-order chi connectivity index (χ1) is 13.7. The van der Waals surface area contributed by atoms with E-state index in [9.17, 15) is 4.79 Å². The van der Waals surface area contributed by atoms with Gasteiger partial charge in [-0.15, -0.1) is 10.2 Å². The van der Waals surface area contributed by atoms with E-state index in [1.54, 1.807) is 12.5 Å². The average molecular weight is 386 g/mol. The van der Waals surface area contributed by atoms with Crippen LogP contribution in [0, 0.1) is 0 Å². The van der Waals surface area contributed by atoms with Crippen LogP contribution < -0.4 is 0 Å². The normalized spacial score (nSPS) is 21.6. The molecule has 2 aliphatic heterocycles. The summed E-state index contributed by atoms with van der Waals surface area (Å²) in [6, 6.07) is 0. The molecular weight excluding hydrogens is 354 g/mol. The zero-order valence-corrected chi connectivity index (χ0v) is 16.8. The molecule has 2 aliphatic rings. The number of hydrogen-bond acceptors (Lipinski definition) is 5. The first-order valence-corrected chi connectivity index (χ1v) is 10.5. The van der Waals surface area contributed by atoms with E-state index in [4.69, 9.17) is 0 Å². The van der Waals surface area contributed by atoms with E-state index in [1.807, 2.05) is 22.7 Å². The predicted molar refractivity (Wildman–Crippen MR) is 106 cm³/mol. The third-order valence-electron chi connectivity index (χ3n) is 6.08. The second-order valence-corrected chi connectivity index (χ2v) is 8.14. The molecule has 2 aromatic rings. The Morgan fingerprint density at radius 1 is 1.11 bits per heavy atom. The van der Waals surface area contributed by atoms with Crippen LogP contribution in [0.25, 0.3) is 0 Å². The topological polar surface area (TPSA) is 72.1 Å². The zero-order valence-electron chi connectivity index (χ0n) is 16.8. The number of nitrogens with zero attached hydrogens (tertiary/aromatic N) is 7. The van der Waals surface area contributed by atoms with E-state index in [-0.39, 0.29) is 11.8 Å². The van der Waals surface area contributed by atoms with Crippen LogP contribution in [0.5, 0.6) is 0 Å². The van der Waals surface area contributed by atoms with Crippen molar-refractivity contribution in [3.63, 3.8) is 0 Å². The number of imidazole rings is 1. The molecule has 0 unspecified atom stereocenters. The minimum Gasteiger partial charge on any atom is -0.341 e. The molecule has 4 heterocycles. The molecule has 2 fully saturated rings. The van der Waals surface area contributed by atoms with Gasteiger partial charge in [0.15, 0.2) is 5.82 Å². The zero-order chi connectivity index (χ0) is 19.3. The highest BCUT2D eigenvalue weighted by Gasteiger charge is 2.29. The number of carbonyl (C=O) groups is 1. The summed E-state index contributed by atoms with van der Waals surface area (Å²) in [5, 5.41) is 8.87. The smallest absolute Gasteiger partial charge is 0.236 e. The quantitative estimate of drug-likeness (QED) is 0.782. The summed E-state index contributed by atoms with van der Waals surface area (Å²) in [5.41, 5.74) is 0. The maximum atomic E-state index is 12.9. The van der Waals surface area contributed by atoms with Gasteiger partial charge < -0.3 is 14.0 Å². The Bertz CT molecular complexity index is 762. The maximum absolute atomic E-state index is 12.9. The molecule has 28 heavy (non-hydrogen) atoms. The van der Waals surface area contributed by atoms with Gasteiger partial charge in [0.2, 0.25) is 5.91 Å². The summed E-state index contributed by atoms with van der Waals surface area (Å²) in [6.45, 7) is 4.96. The molecular formula is C20H31N7O. The van der Waals surface area contributed by atoms with Crippen molar-refractivity contribution in [2.45, 2.75) is 51.0 Å². The molecule has 0 aromatic carbocycles. The van der Waals surface area contributed by atoms with E-state index in [0.29, 0.717) is 13.1 Å². The average Bonchev–Trinajstić information content (AvgIpc) is 3.27. The lowest BCUT2D eigenvalue weighted by Crippen LogP contribution is -2.45. The van der Waals surface area contributed by atoms with Gasteiger partial charge >= 0.3 is 0 Å². The summed E-state index contributed by atoms with van der Waals surface area (Å²) in [6.07, 6.45) is 12.6. The number of likely N-dealkylation sites (tertiary alicyclic amines) is 2. The van der Waals surface area contributed by atoms with Crippen LogP contribution in [-0.2, 0) is 18.4 Å². The van der Waals surface area contributed by atoms with E-state index in [0.717, 1.165) is 50.7 Å². The fourth-order valence-electron chi connectivity index (χ4n) is 4.41. The molecule has 1 atom stereocenters. The monoisotopic (exact) mass is 385 g/mol. The van der Waals surface area contributed by atoms with Crippen LogP contribution in [0.2, 0.25) is 0 Å². The molecule has 0 radical (unpaired) electrons. The van der Waals surface area contributed by atoms with Gasteiger partial charge in [0.25, 0.3) is 0 Å². The van der Waals surface area contributed by atoms with Crippen LogP contribution in [0.3, 0.4) is 0 Å². The Labute approximate surface area is 166 Å². The fraction of sp³-hybridized carbons (Fsp3) is 0.700. The summed E-state index contributed by atoms with van der Waals surface area (Å²) in [5.74, 6) is 2.44. The highest BCUT2D eigenvalue weighted by Crippen LogP contribution is 2.26. The van der Waals surface area contributed by atoms with Crippen LogP contribution in [0.1, 0.15) is 56.1 Å². The summed E-state index contributed by atoms with van der Waals surface area (Å²) < 4.78 is 4.08. The molecule has 0 aliphatic carbocycles. The summed E-state index contributed by atoms with van der Waals surface area (Å²) >= 11 is 0. The molecule has 0 bridgehead atoms. The Balaban J connectivity index is 1.38. The Hall–Kier alpha value is -2.22. The van der Waals surface area contributed by atoms with Gasteiger partial charge in [-0.2, -0.15) is 0 Å². The predicted octanol–water partition coefficient (Wildman–Crippen LogP) is 1.64. The highest BCUT2D eigenvalue weighted by molar-refractivity contribution is 5.78. The van der Waals surface area contributed by atoms with E-state index >= 15 is 0 Å². The molecule has 1 amide bonds. The van der Waals surface area contributed by atoms with Gasteiger partial charge in [-0.05, 0) is 38.8 Å². The second kappa shape index (κ2) is 8.86. The number of piperidine rings is 1. The lowest BCUT2D eigenvalue weighted by Gasteiger charge is -2.33. The molecule has 0 N–H and O–H groups in total. The number of amides is 1. The number of carbonyl (C=O) groups excluding carboxylic acids is 1. The van der Waals surface area contributed by atoms with Gasteiger partial charge in [0.1, 0.15) is 5.82 Å². The van der Waals surface area contributed by atoms with Crippen LogP contribution in [-0.4, -0.2) is 72.7 Å². The van der Waals surface area contributed by atoms with Crippen molar-refractivity contribution in [3.8, 4) is 0 Å². The Morgan fingerprint density at radius 3 is 2.68 bits per heavy atom. The van der Waals surface area contributed by atoms with Crippen LogP contribution in [0.15, 0.2) is 18.7 Å². The third-order valence-corrected chi connectivity index (χ3v) is 6.08. The lowest BCUT2D eigenvalue weighted by atomic mass is 9.97. The second-order valence-electron chi connectivity index (χ2n) is 8.14. The molecule has 0 saturated carbocycles. The maximum Gasteiger partial charge on any atom is 0.236 e. The lowest BCUT2D eigenvalue weighted by molar-refractivity contribution is -0.133. The number of aromatic nitrogens is 5. The molecule has 2 saturated heterocycles. The largest absolute Gasteiger partial charge is 0.341 e. The highest BCUT2D eigenvalue weighted by atomic mass is 16.2.